The van der Waals surface area contributed by atoms with Gasteiger partial charge in [-0.15, -0.1) is 0 Å². The lowest BCUT2D eigenvalue weighted by Gasteiger charge is -2.31. The Morgan fingerprint density at radius 1 is 1.38 bits per heavy atom. The maximum Gasteiger partial charge on any atom is 0.227 e. The largest absolute Gasteiger partial charge is 0.359 e. The zero-order valence-corrected chi connectivity index (χ0v) is 12.6. The van der Waals surface area contributed by atoms with Crippen LogP contribution in [0, 0.1) is 11.7 Å². The van der Waals surface area contributed by atoms with Gasteiger partial charge in [0.15, 0.2) is 0 Å². The molecule has 2 amide bonds. The molecule has 0 saturated carbocycles. The highest BCUT2D eigenvalue weighted by Crippen LogP contribution is 2.22. The zero-order valence-electron chi connectivity index (χ0n) is 11.9. The molecule has 0 spiro atoms. The first-order valence-corrected chi connectivity index (χ1v) is 7.33. The molecular weight excluding hydrogens is 295 g/mol. The number of amides is 2. The number of carbonyl (C=O) groups excluding carboxylic acids is 2. The maximum atomic E-state index is 13.7. The molecule has 4 nitrogen and oxygen atoms in total. The standard InChI is InChI=1S/C15H18ClFN2O2/c1-18-15(21)10-5-7-19(8-6-10)14(20)9-11-12(16)3-2-4-13(11)17/h2-4,10H,5-9H2,1H3,(H,18,21). The Morgan fingerprint density at radius 2 is 2.05 bits per heavy atom. The van der Waals surface area contributed by atoms with Crippen LogP contribution in [-0.2, 0) is 16.0 Å². The molecule has 2 rings (SSSR count). The van der Waals surface area contributed by atoms with Gasteiger partial charge in [0.2, 0.25) is 11.8 Å². The molecule has 0 aromatic heterocycles. The van der Waals surface area contributed by atoms with Crippen molar-refractivity contribution in [2.75, 3.05) is 20.1 Å². The summed E-state index contributed by atoms with van der Waals surface area (Å²) < 4.78 is 13.7. The number of likely N-dealkylation sites (tertiary alicyclic amines) is 1. The average molecular weight is 313 g/mol. The first-order chi connectivity index (χ1) is 10.0. The van der Waals surface area contributed by atoms with Crippen molar-refractivity contribution in [3.8, 4) is 0 Å². The highest BCUT2D eigenvalue weighted by atomic mass is 35.5. The number of carbonyl (C=O) groups is 2. The lowest BCUT2D eigenvalue weighted by molar-refractivity contribution is -0.135. The molecule has 21 heavy (non-hydrogen) atoms. The van der Waals surface area contributed by atoms with Crippen LogP contribution in [0.25, 0.3) is 0 Å². The number of benzene rings is 1. The Labute approximate surface area is 128 Å². The molecule has 1 saturated heterocycles. The van der Waals surface area contributed by atoms with Gasteiger partial charge in [-0.3, -0.25) is 9.59 Å². The summed E-state index contributed by atoms with van der Waals surface area (Å²) in [7, 11) is 1.61. The van der Waals surface area contributed by atoms with Crippen LogP contribution in [0.15, 0.2) is 18.2 Å². The van der Waals surface area contributed by atoms with E-state index >= 15 is 0 Å². The smallest absolute Gasteiger partial charge is 0.227 e. The minimum absolute atomic E-state index is 0.0132. The van der Waals surface area contributed by atoms with Gasteiger partial charge in [0.05, 0.1) is 6.42 Å². The van der Waals surface area contributed by atoms with E-state index in [-0.39, 0.29) is 34.7 Å². The van der Waals surface area contributed by atoms with E-state index in [9.17, 15) is 14.0 Å². The summed E-state index contributed by atoms with van der Waals surface area (Å²) in [5.74, 6) is -0.649. The van der Waals surface area contributed by atoms with Crippen LogP contribution in [0.3, 0.4) is 0 Å². The maximum absolute atomic E-state index is 13.7. The summed E-state index contributed by atoms with van der Waals surface area (Å²) in [5, 5.41) is 2.89. The predicted molar refractivity (Wildman–Crippen MR) is 78.5 cm³/mol. The molecule has 0 bridgehead atoms. The van der Waals surface area contributed by atoms with Crippen LogP contribution in [0.2, 0.25) is 5.02 Å². The molecule has 0 atom stereocenters. The minimum Gasteiger partial charge on any atom is -0.359 e. The molecular formula is C15H18ClFN2O2. The Hall–Kier alpha value is -1.62. The highest BCUT2D eigenvalue weighted by Gasteiger charge is 2.27. The number of halogens is 2. The van der Waals surface area contributed by atoms with Crippen molar-refractivity contribution in [2.45, 2.75) is 19.3 Å². The fourth-order valence-electron chi connectivity index (χ4n) is 2.56. The molecule has 0 aliphatic carbocycles. The van der Waals surface area contributed by atoms with E-state index in [0.717, 1.165) is 0 Å². The second-order valence-electron chi connectivity index (χ2n) is 5.15. The van der Waals surface area contributed by atoms with Gasteiger partial charge in [-0.25, -0.2) is 4.39 Å². The SMILES string of the molecule is CNC(=O)C1CCN(C(=O)Cc2c(F)cccc2Cl)CC1. The lowest BCUT2D eigenvalue weighted by Crippen LogP contribution is -2.43. The van der Waals surface area contributed by atoms with Crippen LogP contribution in [0.4, 0.5) is 4.39 Å². The molecule has 0 unspecified atom stereocenters. The van der Waals surface area contributed by atoms with Crippen LogP contribution < -0.4 is 5.32 Å². The average Bonchev–Trinajstić information content (AvgIpc) is 2.50. The first-order valence-electron chi connectivity index (χ1n) is 6.95. The molecule has 1 aromatic rings. The van der Waals surface area contributed by atoms with E-state index in [1.54, 1.807) is 18.0 Å². The van der Waals surface area contributed by atoms with Gasteiger partial charge >= 0.3 is 0 Å². The summed E-state index contributed by atoms with van der Waals surface area (Å²) in [6.07, 6.45) is 1.23. The number of nitrogens with zero attached hydrogens (tertiary/aromatic N) is 1. The van der Waals surface area contributed by atoms with Gasteiger partial charge in [0.1, 0.15) is 5.82 Å². The quantitative estimate of drug-likeness (QED) is 0.928. The van der Waals surface area contributed by atoms with Crippen molar-refractivity contribution in [1.82, 2.24) is 10.2 Å². The molecule has 1 N–H and O–H groups in total. The topological polar surface area (TPSA) is 49.4 Å². The number of hydrogen-bond donors (Lipinski definition) is 1. The van der Waals surface area contributed by atoms with Crippen molar-refractivity contribution in [3.63, 3.8) is 0 Å². The lowest BCUT2D eigenvalue weighted by atomic mass is 9.95. The summed E-state index contributed by atoms with van der Waals surface area (Å²) >= 11 is 5.93. The normalized spacial score (nSPS) is 15.9. The molecule has 1 aliphatic heterocycles. The molecule has 114 valence electrons. The molecule has 1 aliphatic rings. The summed E-state index contributed by atoms with van der Waals surface area (Å²) in [6, 6.07) is 4.39. The number of hydrogen-bond acceptors (Lipinski definition) is 2. The van der Waals surface area contributed by atoms with Gasteiger partial charge < -0.3 is 10.2 Å². The third-order valence-corrected chi connectivity index (χ3v) is 4.21. The first kappa shape index (κ1) is 15.8. The van der Waals surface area contributed by atoms with Crippen molar-refractivity contribution in [2.24, 2.45) is 5.92 Å². The Morgan fingerprint density at radius 3 is 2.62 bits per heavy atom. The molecule has 6 heteroatoms. The Bertz CT molecular complexity index is 522. The Kier molecular flexibility index (Phi) is 5.17. The summed E-state index contributed by atoms with van der Waals surface area (Å²) in [6.45, 7) is 1.03. The predicted octanol–water partition coefficient (Wildman–Crippen LogP) is 2.01. The minimum atomic E-state index is -0.462. The van der Waals surface area contributed by atoms with Crippen LogP contribution in [0.1, 0.15) is 18.4 Å². The van der Waals surface area contributed by atoms with E-state index in [1.807, 2.05) is 0 Å². The number of rotatable bonds is 3. The third kappa shape index (κ3) is 3.73. The number of nitrogens with one attached hydrogen (secondary N) is 1. The van der Waals surface area contributed by atoms with E-state index in [1.165, 1.54) is 12.1 Å². The summed E-state index contributed by atoms with van der Waals surface area (Å²) in [5.41, 5.74) is 0.234. The molecule has 0 radical (unpaired) electrons. The number of piperidine rings is 1. The van der Waals surface area contributed by atoms with E-state index in [0.29, 0.717) is 25.9 Å². The fourth-order valence-corrected chi connectivity index (χ4v) is 2.79. The van der Waals surface area contributed by atoms with Gasteiger partial charge in [-0.1, -0.05) is 17.7 Å². The van der Waals surface area contributed by atoms with Crippen molar-refractivity contribution in [1.29, 1.82) is 0 Å². The third-order valence-electron chi connectivity index (χ3n) is 3.85. The molecule has 1 fully saturated rings. The monoisotopic (exact) mass is 312 g/mol. The molecule has 1 heterocycles. The van der Waals surface area contributed by atoms with Gasteiger partial charge in [0.25, 0.3) is 0 Å². The highest BCUT2D eigenvalue weighted by molar-refractivity contribution is 6.31. The van der Waals surface area contributed by atoms with Crippen LogP contribution >= 0.6 is 11.6 Å². The van der Waals surface area contributed by atoms with Gasteiger partial charge in [-0.05, 0) is 25.0 Å². The second kappa shape index (κ2) is 6.89. The Balaban J connectivity index is 1.95. The van der Waals surface area contributed by atoms with Crippen molar-refractivity contribution >= 4 is 23.4 Å². The zero-order chi connectivity index (χ0) is 15.4. The van der Waals surface area contributed by atoms with Gasteiger partial charge in [0, 0.05) is 36.6 Å². The summed E-state index contributed by atoms with van der Waals surface area (Å²) in [4.78, 5) is 25.4. The molecule has 1 aromatic carbocycles. The second-order valence-corrected chi connectivity index (χ2v) is 5.55. The van der Waals surface area contributed by atoms with Crippen LogP contribution in [-0.4, -0.2) is 36.9 Å². The van der Waals surface area contributed by atoms with E-state index in [2.05, 4.69) is 5.32 Å². The van der Waals surface area contributed by atoms with E-state index in [4.69, 9.17) is 11.6 Å². The van der Waals surface area contributed by atoms with Crippen molar-refractivity contribution in [3.05, 3.63) is 34.6 Å². The van der Waals surface area contributed by atoms with Crippen molar-refractivity contribution < 1.29 is 14.0 Å². The van der Waals surface area contributed by atoms with Crippen LogP contribution in [0.5, 0.6) is 0 Å². The van der Waals surface area contributed by atoms with Gasteiger partial charge in [-0.2, -0.15) is 0 Å². The fraction of sp³-hybridized carbons (Fsp3) is 0.467. The van der Waals surface area contributed by atoms with E-state index < -0.39 is 5.82 Å².